The molecule has 1 aliphatic heterocycles. The molecule has 2 heterocycles. The number of hydrogen-bond acceptors (Lipinski definition) is 5. The van der Waals surface area contributed by atoms with E-state index >= 15 is 0 Å². The molecule has 1 amide bonds. The summed E-state index contributed by atoms with van der Waals surface area (Å²) < 4.78 is 10.2. The molecule has 0 saturated carbocycles. The molecule has 0 radical (unpaired) electrons. The normalized spacial score (nSPS) is 18.9. The van der Waals surface area contributed by atoms with Gasteiger partial charge in [-0.05, 0) is 30.7 Å². The number of methoxy groups -OCH3 is 1. The second kappa shape index (κ2) is 6.68. The van der Waals surface area contributed by atoms with Crippen molar-refractivity contribution in [1.29, 1.82) is 0 Å². The van der Waals surface area contributed by atoms with Crippen molar-refractivity contribution < 1.29 is 19.1 Å². The predicted molar refractivity (Wildman–Crippen MR) is 72.5 cm³/mol. The molecule has 1 N–H and O–H groups in total. The lowest BCUT2D eigenvalue weighted by molar-refractivity contribution is -0.119. The Morgan fingerprint density at radius 1 is 1.53 bits per heavy atom. The SMILES string of the molecule is COC(=O)c1sccc1NC(=O)CC1CCCCO1. The Labute approximate surface area is 115 Å². The molecule has 1 aromatic rings. The van der Waals surface area contributed by atoms with E-state index in [1.807, 2.05) is 0 Å². The minimum Gasteiger partial charge on any atom is -0.465 e. The molecule has 1 unspecified atom stereocenters. The number of esters is 1. The first-order valence-electron chi connectivity index (χ1n) is 6.28. The van der Waals surface area contributed by atoms with Gasteiger partial charge in [-0.15, -0.1) is 11.3 Å². The zero-order chi connectivity index (χ0) is 13.7. The van der Waals surface area contributed by atoms with E-state index in [2.05, 4.69) is 10.1 Å². The van der Waals surface area contributed by atoms with Gasteiger partial charge in [0.05, 0.1) is 25.3 Å². The first-order valence-corrected chi connectivity index (χ1v) is 7.16. The molecule has 0 aromatic carbocycles. The van der Waals surface area contributed by atoms with Crippen LogP contribution >= 0.6 is 11.3 Å². The molecule has 5 nitrogen and oxygen atoms in total. The number of anilines is 1. The highest BCUT2D eigenvalue weighted by molar-refractivity contribution is 7.12. The van der Waals surface area contributed by atoms with Crippen molar-refractivity contribution in [3.05, 3.63) is 16.3 Å². The maximum Gasteiger partial charge on any atom is 0.350 e. The van der Waals surface area contributed by atoms with Crippen LogP contribution in [0, 0.1) is 0 Å². The summed E-state index contributed by atoms with van der Waals surface area (Å²) in [5, 5.41) is 4.49. The lowest BCUT2D eigenvalue weighted by Crippen LogP contribution is -2.25. The molecule has 2 rings (SSSR count). The molecule has 1 aliphatic rings. The summed E-state index contributed by atoms with van der Waals surface area (Å²) in [5.74, 6) is -0.560. The van der Waals surface area contributed by atoms with E-state index in [1.54, 1.807) is 11.4 Å². The van der Waals surface area contributed by atoms with Gasteiger partial charge >= 0.3 is 5.97 Å². The van der Waals surface area contributed by atoms with Gasteiger partial charge < -0.3 is 14.8 Å². The lowest BCUT2D eigenvalue weighted by Gasteiger charge is -2.21. The highest BCUT2D eigenvalue weighted by Crippen LogP contribution is 2.24. The van der Waals surface area contributed by atoms with Gasteiger partial charge in [0, 0.05) is 6.61 Å². The lowest BCUT2D eigenvalue weighted by atomic mass is 10.1. The minimum absolute atomic E-state index is 0.00559. The van der Waals surface area contributed by atoms with E-state index < -0.39 is 5.97 Å². The third kappa shape index (κ3) is 3.78. The fourth-order valence-electron chi connectivity index (χ4n) is 2.03. The highest BCUT2D eigenvalue weighted by Gasteiger charge is 2.20. The Bertz CT molecular complexity index is 451. The molecule has 0 bridgehead atoms. The summed E-state index contributed by atoms with van der Waals surface area (Å²) >= 11 is 1.25. The molecule has 1 saturated heterocycles. The van der Waals surface area contributed by atoms with Crippen LogP contribution in [0.25, 0.3) is 0 Å². The Kier molecular flexibility index (Phi) is 4.93. The maximum absolute atomic E-state index is 11.9. The quantitative estimate of drug-likeness (QED) is 0.862. The van der Waals surface area contributed by atoms with Gasteiger partial charge in [-0.25, -0.2) is 4.79 Å². The van der Waals surface area contributed by atoms with Crippen molar-refractivity contribution in [2.45, 2.75) is 31.8 Å². The van der Waals surface area contributed by atoms with Crippen LogP contribution in [-0.2, 0) is 14.3 Å². The van der Waals surface area contributed by atoms with Crippen LogP contribution in [0.3, 0.4) is 0 Å². The first kappa shape index (κ1) is 14.0. The summed E-state index contributed by atoms with van der Waals surface area (Å²) in [7, 11) is 1.32. The largest absolute Gasteiger partial charge is 0.465 e. The zero-order valence-electron chi connectivity index (χ0n) is 10.8. The topological polar surface area (TPSA) is 64.6 Å². The van der Waals surface area contributed by atoms with Crippen LogP contribution in [0.1, 0.15) is 35.4 Å². The average molecular weight is 283 g/mol. The van der Waals surface area contributed by atoms with Crippen molar-refractivity contribution in [1.82, 2.24) is 0 Å². The second-order valence-corrected chi connectivity index (χ2v) is 5.31. The third-order valence-corrected chi connectivity index (χ3v) is 3.89. The number of carbonyl (C=O) groups excluding carboxylic acids is 2. The van der Waals surface area contributed by atoms with Crippen LogP contribution < -0.4 is 5.32 Å². The van der Waals surface area contributed by atoms with E-state index in [1.165, 1.54) is 18.4 Å². The summed E-state index contributed by atoms with van der Waals surface area (Å²) in [4.78, 5) is 23.8. The molecule has 1 aromatic heterocycles. The van der Waals surface area contributed by atoms with Crippen LogP contribution in [0.15, 0.2) is 11.4 Å². The number of amides is 1. The van der Waals surface area contributed by atoms with E-state index in [0.717, 1.165) is 25.9 Å². The van der Waals surface area contributed by atoms with Crippen LogP contribution in [0.2, 0.25) is 0 Å². The Morgan fingerprint density at radius 2 is 2.37 bits per heavy atom. The van der Waals surface area contributed by atoms with Gasteiger partial charge in [0.2, 0.25) is 5.91 Å². The van der Waals surface area contributed by atoms with Crippen molar-refractivity contribution in [2.24, 2.45) is 0 Å². The number of carbonyl (C=O) groups is 2. The van der Waals surface area contributed by atoms with E-state index in [0.29, 0.717) is 17.0 Å². The van der Waals surface area contributed by atoms with Gasteiger partial charge in [-0.2, -0.15) is 0 Å². The van der Waals surface area contributed by atoms with E-state index in [4.69, 9.17) is 4.74 Å². The number of nitrogens with one attached hydrogen (secondary N) is 1. The van der Waals surface area contributed by atoms with Crippen LogP contribution in [0.5, 0.6) is 0 Å². The molecular formula is C13H17NO4S. The molecular weight excluding hydrogens is 266 g/mol. The van der Waals surface area contributed by atoms with Gasteiger partial charge in [0.15, 0.2) is 0 Å². The van der Waals surface area contributed by atoms with E-state index in [-0.39, 0.29) is 12.0 Å². The van der Waals surface area contributed by atoms with Gasteiger partial charge in [0.25, 0.3) is 0 Å². The fraction of sp³-hybridized carbons (Fsp3) is 0.538. The summed E-state index contributed by atoms with van der Waals surface area (Å²) in [6.45, 7) is 0.726. The smallest absolute Gasteiger partial charge is 0.350 e. The third-order valence-electron chi connectivity index (χ3n) is 3.00. The zero-order valence-corrected chi connectivity index (χ0v) is 11.6. The number of thiophene rings is 1. The summed E-state index contributed by atoms with van der Waals surface area (Å²) in [6.07, 6.45) is 3.41. The Morgan fingerprint density at radius 3 is 3.05 bits per heavy atom. The Hall–Kier alpha value is -1.40. The van der Waals surface area contributed by atoms with Crippen molar-refractivity contribution in [3.8, 4) is 0 Å². The molecule has 0 aliphatic carbocycles. The van der Waals surface area contributed by atoms with Gasteiger partial charge in [-0.1, -0.05) is 0 Å². The summed E-state index contributed by atoms with van der Waals surface area (Å²) in [5.41, 5.74) is 0.512. The van der Waals surface area contributed by atoms with Crippen LogP contribution in [-0.4, -0.2) is 31.7 Å². The molecule has 1 fully saturated rings. The standard InChI is InChI=1S/C13H17NO4S/c1-17-13(16)12-10(5-7-19-12)14-11(15)8-9-4-2-3-6-18-9/h5,7,9H,2-4,6,8H2,1H3,(H,14,15). The number of hydrogen-bond donors (Lipinski definition) is 1. The maximum atomic E-state index is 11.9. The van der Waals surface area contributed by atoms with Gasteiger partial charge in [0.1, 0.15) is 4.88 Å². The number of ether oxygens (including phenoxy) is 2. The van der Waals surface area contributed by atoms with Crippen molar-refractivity contribution >= 4 is 28.9 Å². The predicted octanol–water partition coefficient (Wildman–Crippen LogP) is 2.43. The highest BCUT2D eigenvalue weighted by atomic mass is 32.1. The molecule has 0 spiro atoms. The van der Waals surface area contributed by atoms with E-state index in [9.17, 15) is 9.59 Å². The molecule has 6 heteroatoms. The van der Waals surface area contributed by atoms with Crippen molar-refractivity contribution in [2.75, 3.05) is 19.0 Å². The van der Waals surface area contributed by atoms with Crippen LogP contribution in [0.4, 0.5) is 5.69 Å². The summed E-state index contributed by atoms with van der Waals surface area (Å²) in [6, 6.07) is 1.70. The molecule has 19 heavy (non-hydrogen) atoms. The second-order valence-electron chi connectivity index (χ2n) is 4.40. The molecule has 104 valence electrons. The Balaban J connectivity index is 1.91. The van der Waals surface area contributed by atoms with Gasteiger partial charge in [-0.3, -0.25) is 4.79 Å². The monoisotopic (exact) mass is 283 g/mol. The molecule has 1 atom stereocenters. The minimum atomic E-state index is -0.431. The first-order chi connectivity index (χ1) is 9.20. The van der Waals surface area contributed by atoms with Crippen molar-refractivity contribution in [3.63, 3.8) is 0 Å². The number of rotatable bonds is 4. The fourth-order valence-corrected chi connectivity index (χ4v) is 2.80. The average Bonchev–Trinajstić information content (AvgIpc) is 2.87.